The SMILES string of the molecule is Cc1cccc2c3cc(N(c4ccc(-c5ccc(N(c6ccc7c(c6)c6ccccc6n7-c6ccccc6)c6cccc7ccccc67)cc5)cc4)c4cccc5ccccc45)ccc3n(-c3ccccc3)c12. The zero-order valence-corrected chi connectivity index (χ0v) is 40.3. The minimum atomic E-state index is 1.09. The van der Waals surface area contributed by atoms with Crippen molar-refractivity contribution in [2.24, 2.45) is 0 Å². The van der Waals surface area contributed by atoms with Gasteiger partial charge >= 0.3 is 0 Å². The summed E-state index contributed by atoms with van der Waals surface area (Å²) in [5, 5.41) is 9.71. The third-order valence-electron chi connectivity index (χ3n) is 14.8. The van der Waals surface area contributed by atoms with Crippen molar-refractivity contribution >= 4 is 99.3 Å². The predicted octanol–water partition coefficient (Wildman–Crippen LogP) is 19.1. The van der Waals surface area contributed by atoms with Gasteiger partial charge in [0.05, 0.1) is 33.4 Å². The summed E-state index contributed by atoms with van der Waals surface area (Å²) in [6.45, 7) is 2.22. The van der Waals surface area contributed by atoms with Crippen LogP contribution in [0.4, 0.5) is 34.1 Å². The first-order valence-electron chi connectivity index (χ1n) is 25.1. The van der Waals surface area contributed by atoms with E-state index in [4.69, 9.17) is 0 Å². The molecule has 344 valence electrons. The van der Waals surface area contributed by atoms with E-state index in [2.05, 4.69) is 299 Å². The lowest BCUT2D eigenvalue weighted by Gasteiger charge is -2.28. The van der Waals surface area contributed by atoms with E-state index in [9.17, 15) is 0 Å². The largest absolute Gasteiger partial charge is 0.310 e. The lowest BCUT2D eigenvalue weighted by Crippen LogP contribution is -2.10. The number of hydrogen-bond acceptors (Lipinski definition) is 2. The second-order valence-electron chi connectivity index (χ2n) is 19.0. The van der Waals surface area contributed by atoms with Crippen molar-refractivity contribution in [2.45, 2.75) is 6.92 Å². The summed E-state index contributed by atoms with van der Waals surface area (Å²) in [7, 11) is 0. The molecule has 0 atom stereocenters. The quantitative estimate of drug-likeness (QED) is 0.143. The summed E-state index contributed by atoms with van der Waals surface area (Å²) in [4.78, 5) is 4.84. The van der Waals surface area contributed by atoms with Crippen LogP contribution < -0.4 is 9.80 Å². The highest BCUT2D eigenvalue weighted by Crippen LogP contribution is 2.45. The predicted molar refractivity (Wildman–Crippen MR) is 310 cm³/mol. The third kappa shape index (κ3) is 7.06. The van der Waals surface area contributed by atoms with E-state index in [-0.39, 0.29) is 0 Å². The molecule has 14 rings (SSSR count). The minimum Gasteiger partial charge on any atom is -0.310 e. The molecule has 2 heterocycles. The number of hydrogen-bond donors (Lipinski definition) is 0. The van der Waals surface area contributed by atoms with Gasteiger partial charge < -0.3 is 18.9 Å². The van der Waals surface area contributed by atoms with E-state index >= 15 is 0 Å². The van der Waals surface area contributed by atoms with Crippen LogP contribution >= 0.6 is 0 Å². The second kappa shape index (κ2) is 17.3. The Bertz CT molecular complexity index is 4370. The normalized spacial score (nSPS) is 11.6. The van der Waals surface area contributed by atoms with E-state index in [1.165, 1.54) is 70.7 Å². The highest BCUT2D eigenvalue weighted by atomic mass is 15.2. The van der Waals surface area contributed by atoms with Crippen molar-refractivity contribution in [3.63, 3.8) is 0 Å². The van der Waals surface area contributed by atoms with Crippen molar-refractivity contribution in [2.75, 3.05) is 9.80 Å². The van der Waals surface area contributed by atoms with Gasteiger partial charge in [-0.25, -0.2) is 0 Å². The van der Waals surface area contributed by atoms with Gasteiger partial charge in [-0.2, -0.15) is 0 Å². The van der Waals surface area contributed by atoms with E-state index in [0.29, 0.717) is 0 Å². The zero-order chi connectivity index (χ0) is 48.4. The van der Waals surface area contributed by atoms with Crippen molar-refractivity contribution in [1.82, 2.24) is 9.13 Å². The molecule has 0 fully saturated rings. The number of aryl methyl sites for hydroxylation is 1. The fraction of sp³-hybridized carbons (Fsp3) is 0.0145. The monoisotopic (exact) mass is 932 g/mol. The van der Waals surface area contributed by atoms with E-state index in [1.807, 2.05) is 0 Å². The summed E-state index contributed by atoms with van der Waals surface area (Å²) in [6.07, 6.45) is 0. The molecule has 0 saturated carbocycles. The Morgan fingerprint density at radius 1 is 0.274 bits per heavy atom. The van der Waals surface area contributed by atoms with Crippen molar-refractivity contribution in [3.8, 4) is 22.5 Å². The Morgan fingerprint density at radius 3 is 1.23 bits per heavy atom. The Hall–Kier alpha value is -9.64. The number of para-hydroxylation sites is 4. The van der Waals surface area contributed by atoms with E-state index in [0.717, 1.165) is 56.6 Å². The molecule has 0 unspecified atom stereocenters. The molecule has 2 aromatic heterocycles. The molecule has 0 N–H and O–H groups in total. The highest BCUT2D eigenvalue weighted by Gasteiger charge is 2.22. The zero-order valence-electron chi connectivity index (χ0n) is 40.3. The molecular weight excluding hydrogens is 885 g/mol. The average Bonchev–Trinajstić information content (AvgIpc) is 3.97. The Morgan fingerprint density at radius 2 is 0.671 bits per heavy atom. The van der Waals surface area contributed by atoms with Crippen LogP contribution in [0.25, 0.3) is 87.7 Å². The summed E-state index contributed by atoms with van der Waals surface area (Å²) in [5.74, 6) is 0. The lowest BCUT2D eigenvalue weighted by atomic mass is 10.0. The van der Waals surface area contributed by atoms with E-state index in [1.54, 1.807) is 0 Å². The smallest absolute Gasteiger partial charge is 0.0570 e. The molecule has 0 aliphatic heterocycles. The molecular formula is C69H48N4. The van der Waals surface area contributed by atoms with Crippen LogP contribution in [0.5, 0.6) is 0 Å². The maximum Gasteiger partial charge on any atom is 0.0570 e. The molecule has 4 heteroatoms. The molecule has 0 aliphatic rings. The topological polar surface area (TPSA) is 16.3 Å². The maximum atomic E-state index is 2.42. The van der Waals surface area contributed by atoms with Gasteiger partial charge in [0.25, 0.3) is 0 Å². The van der Waals surface area contributed by atoms with Gasteiger partial charge in [0.1, 0.15) is 0 Å². The lowest BCUT2D eigenvalue weighted by molar-refractivity contribution is 1.17. The second-order valence-corrected chi connectivity index (χ2v) is 19.0. The Balaban J connectivity index is 0.873. The summed E-state index contributed by atoms with van der Waals surface area (Å²) in [6, 6.07) is 99.5. The molecule has 73 heavy (non-hydrogen) atoms. The number of rotatable bonds is 9. The number of fused-ring (bicyclic) bond motifs is 8. The summed E-state index contributed by atoms with van der Waals surface area (Å²) >= 11 is 0. The van der Waals surface area contributed by atoms with Gasteiger partial charge in [0, 0.05) is 66.4 Å². The van der Waals surface area contributed by atoms with Gasteiger partial charge in [0.2, 0.25) is 0 Å². The van der Waals surface area contributed by atoms with Gasteiger partial charge in [-0.3, -0.25) is 0 Å². The van der Waals surface area contributed by atoms with Crippen LogP contribution in [0.2, 0.25) is 0 Å². The van der Waals surface area contributed by atoms with Crippen molar-refractivity contribution < 1.29 is 0 Å². The fourth-order valence-electron chi connectivity index (χ4n) is 11.4. The standard InChI is InChI=1S/C69H48N4/c1-47-17-14-29-61-63-46-57(42-44-68(63)73(69(47)61)53-24-6-3-7-25-53)71(65-32-16-21-51-19-9-11-27-59(51)65)55-39-35-49(36-40-55)48-33-37-54(38-34-48)70(64-31-15-20-50-18-8-10-26-58(50)64)56-41-43-67-62(45-56)60-28-12-13-30-66(60)72(67)52-22-4-2-5-23-52/h2-46H,1H3. The van der Waals surface area contributed by atoms with Crippen molar-refractivity contribution in [3.05, 3.63) is 279 Å². The first-order valence-corrected chi connectivity index (χ1v) is 25.1. The molecule has 0 bridgehead atoms. The maximum absolute atomic E-state index is 2.42. The molecule has 12 aromatic carbocycles. The van der Waals surface area contributed by atoms with Crippen LogP contribution in [0.15, 0.2) is 273 Å². The molecule has 0 spiro atoms. The van der Waals surface area contributed by atoms with Gasteiger partial charge in [0.15, 0.2) is 0 Å². The number of anilines is 6. The van der Waals surface area contributed by atoms with Crippen LogP contribution in [-0.4, -0.2) is 9.13 Å². The third-order valence-corrected chi connectivity index (χ3v) is 14.8. The van der Waals surface area contributed by atoms with E-state index < -0.39 is 0 Å². The van der Waals surface area contributed by atoms with Gasteiger partial charge in [-0.05, 0) is 138 Å². The van der Waals surface area contributed by atoms with Crippen molar-refractivity contribution in [1.29, 1.82) is 0 Å². The number of benzene rings is 12. The molecule has 0 saturated heterocycles. The number of nitrogens with zero attached hydrogens (tertiary/aromatic N) is 4. The fourth-order valence-corrected chi connectivity index (χ4v) is 11.4. The first-order chi connectivity index (χ1) is 36.1. The molecule has 14 aromatic rings. The molecule has 0 aliphatic carbocycles. The summed E-state index contributed by atoms with van der Waals surface area (Å²) < 4.78 is 4.79. The highest BCUT2D eigenvalue weighted by molar-refractivity contribution is 6.13. The van der Waals surface area contributed by atoms with Crippen LogP contribution in [-0.2, 0) is 0 Å². The minimum absolute atomic E-state index is 1.09. The Kier molecular flexibility index (Phi) is 10.0. The molecule has 0 radical (unpaired) electrons. The molecule has 0 amide bonds. The van der Waals surface area contributed by atoms with Crippen LogP contribution in [0, 0.1) is 6.92 Å². The average molecular weight is 933 g/mol. The van der Waals surface area contributed by atoms with Crippen LogP contribution in [0.1, 0.15) is 5.56 Å². The first kappa shape index (κ1) is 42.3. The Labute approximate surface area is 424 Å². The van der Waals surface area contributed by atoms with Crippen LogP contribution in [0.3, 0.4) is 0 Å². The van der Waals surface area contributed by atoms with Gasteiger partial charge in [-0.1, -0.05) is 170 Å². The van der Waals surface area contributed by atoms with Gasteiger partial charge in [-0.15, -0.1) is 0 Å². The summed E-state index contributed by atoms with van der Waals surface area (Å²) in [5.41, 5.74) is 17.3. The molecule has 4 nitrogen and oxygen atoms in total. The number of aromatic nitrogens is 2.